The van der Waals surface area contributed by atoms with Crippen molar-refractivity contribution >= 4 is 27.9 Å². The van der Waals surface area contributed by atoms with Gasteiger partial charge in [0.1, 0.15) is 5.82 Å². The van der Waals surface area contributed by atoms with Crippen molar-refractivity contribution in [3.63, 3.8) is 0 Å². The SMILES string of the molecule is [N-]=[N+]=NC(=N)CCn1c(Cn2c(=O)[nH]c3ccccc32)nc2ccccc21. The van der Waals surface area contributed by atoms with Gasteiger partial charge in [0.15, 0.2) is 0 Å². The second-order valence-corrected chi connectivity index (χ2v) is 6.09. The zero-order valence-electron chi connectivity index (χ0n) is 14.3. The maximum atomic E-state index is 12.4. The Bertz CT molecular complexity index is 1260. The van der Waals surface area contributed by atoms with E-state index in [1.807, 2.05) is 53.1 Å². The maximum Gasteiger partial charge on any atom is 0.326 e. The summed E-state index contributed by atoms with van der Waals surface area (Å²) in [6.07, 6.45) is 0.278. The molecule has 4 aromatic rings. The molecule has 0 saturated carbocycles. The highest BCUT2D eigenvalue weighted by molar-refractivity contribution is 5.80. The number of imidazole rings is 2. The van der Waals surface area contributed by atoms with Gasteiger partial charge in [0.05, 0.1) is 34.4 Å². The minimum Gasteiger partial charge on any atom is -0.326 e. The van der Waals surface area contributed by atoms with E-state index in [9.17, 15) is 4.79 Å². The number of aromatic nitrogens is 4. The topological polar surface area (TPSA) is 128 Å². The minimum atomic E-state index is -0.198. The van der Waals surface area contributed by atoms with Gasteiger partial charge in [-0.3, -0.25) is 4.57 Å². The number of nitrogens with one attached hydrogen (secondary N) is 2. The van der Waals surface area contributed by atoms with E-state index >= 15 is 0 Å². The second-order valence-electron chi connectivity index (χ2n) is 6.09. The molecule has 0 spiro atoms. The molecule has 2 aromatic heterocycles. The molecule has 0 aliphatic carbocycles. The molecule has 0 radical (unpaired) electrons. The number of azide groups is 1. The van der Waals surface area contributed by atoms with Crippen LogP contribution in [0.25, 0.3) is 32.5 Å². The Labute approximate surface area is 153 Å². The largest absolute Gasteiger partial charge is 0.326 e. The fourth-order valence-corrected chi connectivity index (χ4v) is 3.22. The van der Waals surface area contributed by atoms with Crippen molar-refractivity contribution < 1.29 is 0 Å². The smallest absolute Gasteiger partial charge is 0.326 e. The lowest BCUT2D eigenvalue weighted by atomic mass is 10.3. The summed E-state index contributed by atoms with van der Waals surface area (Å²) >= 11 is 0. The lowest BCUT2D eigenvalue weighted by Gasteiger charge is -2.09. The first-order valence-electron chi connectivity index (χ1n) is 8.41. The van der Waals surface area contributed by atoms with Crippen molar-refractivity contribution in [3.8, 4) is 0 Å². The van der Waals surface area contributed by atoms with E-state index in [4.69, 9.17) is 10.9 Å². The monoisotopic (exact) mass is 360 g/mol. The number of benzene rings is 2. The van der Waals surface area contributed by atoms with Crippen LogP contribution in [0.1, 0.15) is 12.2 Å². The van der Waals surface area contributed by atoms with E-state index in [0.717, 1.165) is 22.1 Å². The highest BCUT2D eigenvalue weighted by Gasteiger charge is 2.14. The first kappa shape index (κ1) is 16.6. The molecule has 2 aromatic carbocycles. The van der Waals surface area contributed by atoms with Gasteiger partial charge in [-0.25, -0.2) is 9.78 Å². The molecule has 0 saturated heterocycles. The summed E-state index contributed by atoms with van der Waals surface area (Å²) in [5, 5.41) is 11.0. The van der Waals surface area contributed by atoms with Gasteiger partial charge in [-0.05, 0) is 34.9 Å². The predicted molar refractivity (Wildman–Crippen MR) is 103 cm³/mol. The fourth-order valence-electron chi connectivity index (χ4n) is 3.22. The van der Waals surface area contributed by atoms with Crippen molar-refractivity contribution in [1.29, 1.82) is 5.41 Å². The highest BCUT2D eigenvalue weighted by atomic mass is 16.1. The molecule has 0 fully saturated rings. The molecule has 134 valence electrons. The number of aryl methyl sites for hydroxylation is 1. The molecule has 0 amide bonds. The first-order chi connectivity index (χ1) is 13.2. The van der Waals surface area contributed by atoms with Crippen LogP contribution in [0.4, 0.5) is 0 Å². The molecule has 27 heavy (non-hydrogen) atoms. The number of H-pyrrole nitrogens is 1. The molecular weight excluding hydrogens is 344 g/mol. The normalized spacial score (nSPS) is 11.0. The van der Waals surface area contributed by atoms with Gasteiger partial charge in [0, 0.05) is 17.9 Å². The fraction of sp³-hybridized carbons (Fsp3) is 0.167. The molecule has 2 heterocycles. The third kappa shape index (κ3) is 3.07. The zero-order valence-corrected chi connectivity index (χ0v) is 14.3. The highest BCUT2D eigenvalue weighted by Crippen LogP contribution is 2.19. The van der Waals surface area contributed by atoms with Crippen molar-refractivity contribution in [2.75, 3.05) is 0 Å². The number of para-hydroxylation sites is 4. The summed E-state index contributed by atoms with van der Waals surface area (Å²) in [6.45, 7) is 0.733. The molecule has 0 atom stereocenters. The van der Waals surface area contributed by atoms with Crippen LogP contribution in [0.2, 0.25) is 0 Å². The standard InChI is InChI=1S/C18H16N8O/c19-16(23-24-20)9-10-25-14-7-3-1-5-12(14)21-17(25)11-26-15-8-4-2-6-13(15)22-18(26)27/h1-8,19H,9-11H2,(H,22,27). The van der Waals surface area contributed by atoms with Crippen LogP contribution in [0, 0.1) is 5.41 Å². The van der Waals surface area contributed by atoms with Gasteiger partial charge in [-0.1, -0.05) is 24.3 Å². The maximum absolute atomic E-state index is 12.4. The van der Waals surface area contributed by atoms with Crippen molar-refractivity contribution in [3.05, 3.63) is 75.3 Å². The summed E-state index contributed by atoms with van der Waals surface area (Å²) in [7, 11) is 0. The second kappa shape index (κ2) is 6.81. The third-order valence-corrected chi connectivity index (χ3v) is 4.45. The molecule has 0 unspecified atom stereocenters. The van der Waals surface area contributed by atoms with E-state index in [1.165, 1.54) is 0 Å². The van der Waals surface area contributed by atoms with Gasteiger partial charge < -0.3 is 15.0 Å². The van der Waals surface area contributed by atoms with Crippen LogP contribution in [0.5, 0.6) is 0 Å². The molecule has 9 nitrogen and oxygen atoms in total. The zero-order chi connectivity index (χ0) is 18.8. The number of fused-ring (bicyclic) bond motifs is 2. The lowest BCUT2D eigenvalue weighted by Crippen LogP contribution is -2.20. The number of hydrogen-bond donors (Lipinski definition) is 2. The van der Waals surface area contributed by atoms with Crippen LogP contribution in [0.15, 0.2) is 58.4 Å². The van der Waals surface area contributed by atoms with Crippen LogP contribution >= 0.6 is 0 Å². The van der Waals surface area contributed by atoms with Gasteiger partial charge in [-0.2, -0.15) is 0 Å². The van der Waals surface area contributed by atoms with E-state index in [0.29, 0.717) is 18.9 Å². The Morgan fingerprint density at radius 3 is 2.70 bits per heavy atom. The van der Waals surface area contributed by atoms with E-state index < -0.39 is 0 Å². The van der Waals surface area contributed by atoms with Crippen molar-refractivity contribution in [1.82, 2.24) is 19.1 Å². The number of nitrogens with zero attached hydrogens (tertiary/aromatic N) is 6. The van der Waals surface area contributed by atoms with Gasteiger partial charge in [0.25, 0.3) is 0 Å². The van der Waals surface area contributed by atoms with E-state index in [-0.39, 0.29) is 17.9 Å². The van der Waals surface area contributed by atoms with Crippen LogP contribution in [-0.4, -0.2) is 24.9 Å². The van der Waals surface area contributed by atoms with Gasteiger partial charge in [-0.15, -0.1) is 0 Å². The average molecular weight is 360 g/mol. The Morgan fingerprint density at radius 1 is 1.15 bits per heavy atom. The summed E-state index contributed by atoms with van der Waals surface area (Å²) in [6, 6.07) is 15.2. The number of rotatable bonds is 5. The van der Waals surface area contributed by atoms with Crippen LogP contribution < -0.4 is 5.69 Å². The number of aromatic amines is 1. The van der Waals surface area contributed by atoms with Crippen LogP contribution in [-0.2, 0) is 13.1 Å². The summed E-state index contributed by atoms with van der Waals surface area (Å²) in [4.78, 5) is 22.6. The Morgan fingerprint density at radius 2 is 1.89 bits per heavy atom. The summed E-state index contributed by atoms with van der Waals surface area (Å²) in [5.74, 6) is 0.669. The quantitative estimate of drug-likeness (QED) is 0.186. The van der Waals surface area contributed by atoms with Gasteiger partial charge >= 0.3 is 5.69 Å². The molecule has 0 aliphatic heterocycles. The van der Waals surface area contributed by atoms with Gasteiger partial charge in [0.2, 0.25) is 0 Å². The van der Waals surface area contributed by atoms with Crippen molar-refractivity contribution in [2.45, 2.75) is 19.5 Å². The van der Waals surface area contributed by atoms with E-state index in [2.05, 4.69) is 20.0 Å². The Kier molecular flexibility index (Phi) is 4.19. The summed E-state index contributed by atoms with van der Waals surface area (Å²) < 4.78 is 3.61. The molecule has 2 N–H and O–H groups in total. The van der Waals surface area contributed by atoms with Crippen molar-refractivity contribution in [2.24, 2.45) is 5.11 Å². The van der Waals surface area contributed by atoms with E-state index in [1.54, 1.807) is 4.57 Å². The minimum absolute atomic E-state index is 0.0366. The number of hydrogen-bond acceptors (Lipinski definition) is 3. The molecular formula is C18H16N8O. The molecule has 4 rings (SSSR count). The molecule has 9 heteroatoms. The number of amidine groups is 1. The molecule has 0 aliphatic rings. The third-order valence-electron chi connectivity index (χ3n) is 4.45. The average Bonchev–Trinajstić information content (AvgIpc) is 3.18. The summed E-state index contributed by atoms with van der Waals surface area (Å²) in [5.41, 5.74) is 11.6. The lowest BCUT2D eigenvalue weighted by molar-refractivity contribution is 0.645. The molecule has 0 bridgehead atoms. The Hall–Kier alpha value is -3.84. The predicted octanol–water partition coefficient (Wildman–Crippen LogP) is 3.41. The first-order valence-corrected chi connectivity index (χ1v) is 8.41. The Balaban J connectivity index is 1.77. The van der Waals surface area contributed by atoms with Crippen LogP contribution in [0.3, 0.4) is 0 Å².